The van der Waals surface area contributed by atoms with E-state index in [4.69, 9.17) is 0 Å². The van der Waals surface area contributed by atoms with E-state index in [1.165, 1.54) is 0 Å². The largest absolute Gasteiger partial charge is 0.473 e. The number of hydrogen-bond donors (Lipinski definition) is 0. The molecule has 0 atom stereocenters. The highest BCUT2D eigenvalue weighted by molar-refractivity contribution is 4.48. The van der Waals surface area contributed by atoms with Crippen LogP contribution in [0.25, 0.3) is 0 Å². The van der Waals surface area contributed by atoms with Crippen LogP contribution in [0.1, 0.15) is 0 Å². The molecule has 0 aliphatic carbocycles. The molecule has 0 amide bonds. The standard InChI is InChI=1S/C3H3F5N/c4-2(5)1-9-3(6,7)8/h2H,1H2. The van der Waals surface area contributed by atoms with Crippen LogP contribution in [-0.2, 0) is 0 Å². The van der Waals surface area contributed by atoms with Gasteiger partial charge in [-0.1, -0.05) is 0 Å². The van der Waals surface area contributed by atoms with Gasteiger partial charge in [0.1, 0.15) is 0 Å². The van der Waals surface area contributed by atoms with Gasteiger partial charge in [0.15, 0.2) is 0 Å². The van der Waals surface area contributed by atoms with Crippen LogP contribution in [0.15, 0.2) is 0 Å². The molecule has 0 heterocycles. The first-order valence-electron chi connectivity index (χ1n) is 1.95. The maximum absolute atomic E-state index is 11.0. The molecular formula is C3H3F5N. The smallest absolute Gasteiger partial charge is 0.209 e. The van der Waals surface area contributed by atoms with Gasteiger partial charge in [0.05, 0.1) is 6.54 Å². The first kappa shape index (κ1) is 8.61. The second-order valence-corrected chi connectivity index (χ2v) is 1.20. The quantitative estimate of drug-likeness (QED) is 0.414. The monoisotopic (exact) mass is 148 g/mol. The van der Waals surface area contributed by atoms with Gasteiger partial charge < -0.3 is 0 Å². The van der Waals surface area contributed by atoms with Crippen LogP contribution in [0.4, 0.5) is 22.0 Å². The topological polar surface area (TPSA) is 14.1 Å². The number of hydrogen-bond acceptors (Lipinski definition) is 0. The maximum Gasteiger partial charge on any atom is 0.473 e. The fourth-order valence-corrected chi connectivity index (χ4v) is 0.173. The summed E-state index contributed by atoms with van der Waals surface area (Å²) in [6.45, 7) is -1.47. The molecule has 0 saturated carbocycles. The third kappa shape index (κ3) is 7.61. The van der Waals surface area contributed by atoms with Gasteiger partial charge in [-0.15, -0.1) is 5.32 Å². The minimum Gasteiger partial charge on any atom is -0.209 e. The van der Waals surface area contributed by atoms with E-state index in [0.29, 0.717) is 0 Å². The summed E-state index contributed by atoms with van der Waals surface area (Å²) < 4.78 is 54.7. The molecule has 0 aliphatic heterocycles. The SMILES string of the molecule is FC(F)C[N]C(F)(F)F. The Balaban J connectivity index is 3.28. The second kappa shape index (κ2) is 2.95. The zero-order valence-electron chi connectivity index (χ0n) is 4.12. The fraction of sp³-hybridized carbons (Fsp3) is 1.00. The zero-order chi connectivity index (χ0) is 7.49. The third-order valence-corrected chi connectivity index (χ3v) is 0.409. The van der Waals surface area contributed by atoms with Crippen molar-refractivity contribution in [2.75, 3.05) is 6.54 Å². The summed E-state index contributed by atoms with van der Waals surface area (Å²) in [5.41, 5.74) is 0. The van der Waals surface area contributed by atoms with Gasteiger partial charge in [-0.2, -0.15) is 13.2 Å². The molecule has 0 saturated heterocycles. The molecular weight excluding hydrogens is 145 g/mol. The molecule has 0 fully saturated rings. The molecule has 0 N–H and O–H groups in total. The van der Waals surface area contributed by atoms with Crippen molar-refractivity contribution in [3.8, 4) is 0 Å². The minimum atomic E-state index is -4.82. The number of alkyl halides is 5. The van der Waals surface area contributed by atoms with E-state index in [1.54, 1.807) is 5.32 Å². The molecule has 55 valence electrons. The first-order valence-corrected chi connectivity index (χ1v) is 1.95. The van der Waals surface area contributed by atoms with Crippen LogP contribution in [-0.4, -0.2) is 19.3 Å². The van der Waals surface area contributed by atoms with Crippen molar-refractivity contribution in [3.05, 3.63) is 0 Å². The van der Waals surface area contributed by atoms with E-state index in [2.05, 4.69) is 0 Å². The average Bonchev–Trinajstić information content (AvgIpc) is 1.59. The Labute approximate surface area is 47.8 Å². The van der Waals surface area contributed by atoms with E-state index >= 15 is 0 Å². The molecule has 0 rings (SSSR count). The maximum atomic E-state index is 11.0. The summed E-state index contributed by atoms with van der Waals surface area (Å²) in [6.07, 6.45) is -7.84. The molecule has 6 heteroatoms. The van der Waals surface area contributed by atoms with Crippen LogP contribution in [0.3, 0.4) is 0 Å². The van der Waals surface area contributed by atoms with Crippen molar-refractivity contribution in [1.82, 2.24) is 5.32 Å². The first-order chi connectivity index (χ1) is 3.92. The lowest BCUT2D eigenvalue weighted by Crippen LogP contribution is -2.28. The lowest BCUT2D eigenvalue weighted by molar-refractivity contribution is -0.165. The Kier molecular flexibility index (Phi) is 2.83. The van der Waals surface area contributed by atoms with Gasteiger partial charge in [0.2, 0.25) is 0 Å². The van der Waals surface area contributed by atoms with E-state index in [9.17, 15) is 22.0 Å². The molecule has 1 radical (unpaired) electrons. The average molecular weight is 148 g/mol. The van der Waals surface area contributed by atoms with E-state index in [-0.39, 0.29) is 0 Å². The van der Waals surface area contributed by atoms with Crippen molar-refractivity contribution in [2.24, 2.45) is 0 Å². The van der Waals surface area contributed by atoms with Crippen molar-refractivity contribution in [1.29, 1.82) is 0 Å². The van der Waals surface area contributed by atoms with Crippen molar-refractivity contribution < 1.29 is 22.0 Å². The molecule has 0 spiro atoms. The van der Waals surface area contributed by atoms with Gasteiger partial charge >= 0.3 is 6.30 Å². The van der Waals surface area contributed by atoms with Crippen LogP contribution < -0.4 is 5.32 Å². The van der Waals surface area contributed by atoms with E-state index in [0.717, 1.165) is 0 Å². The highest BCUT2D eigenvalue weighted by atomic mass is 19.4. The van der Waals surface area contributed by atoms with Gasteiger partial charge in [-0.25, -0.2) is 8.78 Å². The van der Waals surface area contributed by atoms with Crippen LogP contribution in [0.2, 0.25) is 0 Å². The van der Waals surface area contributed by atoms with Crippen molar-refractivity contribution in [2.45, 2.75) is 12.7 Å². The number of rotatable bonds is 2. The fourth-order valence-electron chi connectivity index (χ4n) is 0.173. The summed E-state index contributed by atoms with van der Waals surface area (Å²) in [5, 5.41) is 1.71. The van der Waals surface area contributed by atoms with Gasteiger partial charge in [-0.05, 0) is 0 Å². The van der Waals surface area contributed by atoms with Crippen molar-refractivity contribution in [3.63, 3.8) is 0 Å². The van der Waals surface area contributed by atoms with Gasteiger partial charge in [0, 0.05) is 0 Å². The molecule has 1 nitrogen and oxygen atoms in total. The Bertz CT molecular complexity index is 76.8. The summed E-state index contributed by atoms with van der Waals surface area (Å²) >= 11 is 0. The summed E-state index contributed by atoms with van der Waals surface area (Å²) in [7, 11) is 0. The Morgan fingerprint density at radius 1 is 1.22 bits per heavy atom. The summed E-state index contributed by atoms with van der Waals surface area (Å²) in [4.78, 5) is 0. The molecule has 0 aromatic rings. The molecule has 0 aliphatic rings. The summed E-state index contributed by atoms with van der Waals surface area (Å²) in [6, 6.07) is 0. The molecule has 0 aromatic carbocycles. The minimum absolute atomic E-state index is 1.47. The highest BCUT2D eigenvalue weighted by Crippen LogP contribution is 2.11. The zero-order valence-corrected chi connectivity index (χ0v) is 4.12. The molecule has 0 bridgehead atoms. The summed E-state index contributed by atoms with van der Waals surface area (Å²) in [5.74, 6) is 0. The molecule has 9 heavy (non-hydrogen) atoms. The Morgan fingerprint density at radius 2 is 1.67 bits per heavy atom. The lowest BCUT2D eigenvalue weighted by Gasteiger charge is -2.03. The van der Waals surface area contributed by atoms with Crippen LogP contribution in [0, 0.1) is 0 Å². The second-order valence-electron chi connectivity index (χ2n) is 1.20. The highest BCUT2D eigenvalue weighted by Gasteiger charge is 2.29. The van der Waals surface area contributed by atoms with E-state index in [1.807, 2.05) is 0 Å². The van der Waals surface area contributed by atoms with E-state index < -0.39 is 19.3 Å². The Hall–Kier alpha value is -0.390. The van der Waals surface area contributed by atoms with Crippen molar-refractivity contribution >= 4 is 0 Å². The molecule has 0 unspecified atom stereocenters. The lowest BCUT2D eigenvalue weighted by atomic mass is 10.7. The van der Waals surface area contributed by atoms with Gasteiger partial charge in [-0.3, -0.25) is 0 Å². The van der Waals surface area contributed by atoms with Crippen LogP contribution >= 0.6 is 0 Å². The van der Waals surface area contributed by atoms with Gasteiger partial charge in [0.25, 0.3) is 6.43 Å². The number of halogens is 5. The van der Waals surface area contributed by atoms with Crippen LogP contribution in [0.5, 0.6) is 0 Å². The normalized spacial score (nSPS) is 12.7. The third-order valence-electron chi connectivity index (χ3n) is 0.409. The Morgan fingerprint density at radius 3 is 1.78 bits per heavy atom. The predicted molar refractivity (Wildman–Crippen MR) is 19.1 cm³/mol. The predicted octanol–water partition coefficient (Wildman–Crippen LogP) is 1.38. The molecule has 0 aromatic heterocycles. The number of nitrogens with zero attached hydrogens (tertiary/aromatic N) is 1.